The first-order valence-electron chi connectivity index (χ1n) is 8.69. The van der Waals surface area contributed by atoms with Crippen LogP contribution in [-0.2, 0) is 18.4 Å². The number of hydrogen-bond acceptors (Lipinski definition) is 4. The Balaban J connectivity index is 2.11. The van der Waals surface area contributed by atoms with E-state index in [4.69, 9.17) is 4.74 Å². The van der Waals surface area contributed by atoms with E-state index in [9.17, 15) is 9.90 Å². The normalized spacial score (nSPS) is 16.7. The lowest BCUT2D eigenvalue weighted by Crippen LogP contribution is -2.25. The zero-order valence-electron chi connectivity index (χ0n) is 15.2. The lowest BCUT2D eigenvalue weighted by molar-refractivity contribution is -0.116. The van der Waals surface area contributed by atoms with Crippen LogP contribution in [0.4, 0.5) is 5.82 Å². The minimum atomic E-state index is -0.0982. The van der Waals surface area contributed by atoms with E-state index in [0.717, 1.165) is 28.2 Å². The van der Waals surface area contributed by atoms with Crippen LogP contribution in [-0.4, -0.2) is 27.4 Å². The van der Waals surface area contributed by atoms with Crippen molar-refractivity contribution in [2.45, 2.75) is 45.6 Å². The molecule has 1 unspecified atom stereocenters. The number of aliphatic hydroxyl groups excluding tert-OH is 1. The van der Waals surface area contributed by atoms with Crippen LogP contribution in [0.2, 0.25) is 0 Å². The molecular weight excluding hydrogens is 318 g/mol. The molecule has 2 aromatic rings. The molecule has 134 valence electrons. The van der Waals surface area contributed by atoms with Crippen LogP contribution in [0.3, 0.4) is 0 Å². The van der Waals surface area contributed by atoms with Gasteiger partial charge in [0.25, 0.3) is 0 Å². The zero-order chi connectivity index (χ0) is 18.1. The van der Waals surface area contributed by atoms with Crippen LogP contribution < -0.4 is 10.1 Å². The van der Waals surface area contributed by atoms with Crippen molar-refractivity contribution in [1.29, 1.82) is 0 Å². The van der Waals surface area contributed by atoms with E-state index in [2.05, 4.69) is 24.3 Å². The number of aliphatic hydroxyl groups is 1. The Bertz CT molecular complexity index is 795. The van der Waals surface area contributed by atoms with Gasteiger partial charge in [-0.3, -0.25) is 9.48 Å². The maximum Gasteiger partial charge on any atom is 0.226 e. The fraction of sp³-hybridized carbons (Fsp3) is 0.474. The molecule has 1 amide bonds. The van der Waals surface area contributed by atoms with Gasteiger partial charge in [-0.1, -0.05) is 19.9 Å². The molecule has 0 bridgehead atoms. The van der Waals surface area contributed by atoms with Crippen LogP contribution in [0.1, 0.15) is 61.4 Å². The van der Waals surface area contributed by atoms with Crippen LogP contribution in [0.5, 0.6) is 5.75 Å². The van der Waals surface area contributed by atoms with Gasteiger partial charge < -0.3 is 15.2 Å². The van der Waals surface area contributed by atoms with E-state index in [1.54, 1.807) is 4.68 Å². The van der Waals surface area contributed by atoms with Gasteiger partial charge in [-0.2, -0.15) is 5.10 Å². The summed E-state index contributed by atoms with van der Waals surface area (Å²) in [6, 6.07) is 5.80. The summed E-state index contributed by atoms with van der Waals surface area (Å²) in [7, 11) is 1.85. The van der Waals surface area contributed by atoms with Crippen LogP contribution in [0.15, 0.2) is 18.2 Å². The smallest absolute Gasteiger partial charge is 0.226 e. The number of ether oxygens (including phenoxy) is 1. The summed E-state index contributed by atoms with van der Waals surface area (Å²) in [5, 5.41) is 17.3. The SMILES string of the molecule is CCOc1ccc(C2CC(=O)Nc3c2c(C(C)C)nn3C)cc1CO. The summed E-state index contributed by atoms with van der Waals surface area (Å²) in [5.41, 5.74) is 3.81. The number of hydrogen-bond donors (Lipinski definition) is 2. The number of aromatic nitrogens is 2. The number of rotatable bonds is 5. The standard InChI is InChI=1S/C19H25N3O3/c1-5-25-15-7-6-12(8-13(15)10-23)14-9-16(24)20-19-17(14)18(11(2)3)21-22(19)4/h6-8,11,14,23H,5,9-10H2,1-4H3,(H,20,24). The Morgan fingerprint density at radius 3 is 2.84 bits per heavy atom. The molecule has 1 aliphatic heterocycles. The molecular formula is C19H25N3O3. The van der Waals surface area contributed by atoms with E-state index in [1.807, 2.05) is 32.2 Å². The molecule has 1 aliphatic rings. The van der Waals surface area contributed by atoms with E-state index in [-0.39, 0.29) is 24.3 Å². The first-order valence-corrected chi connectivity index (χ1v) is 8.69. The summed E-state index contributed by atoms with van der Waals surface area (Å²) in [4.78, 5) is 12.2. The molecule has 6 heteroatoms. The first kappa shape index (κ1) is 17.5. The maximum atomic E-state index is 12.2. The monoisotopic (exact) mass is 343 g/mol. The fourth-order valence-corrected chi connectivity index (χ4v) is 3.47. The van der Waals surface area contributed by atoms with Crippen molar-refractivity contribution in [2.24, 2.45) is 7.05 Å². The van der Waals surface area contributed by atoms with Gasteiger partial charge in [-0.05, 0) is 30.5 Å². The highest BCUT2D eigenvalue weighted by molar-refractivity contribution is 5.94. The molecule has 0 radical (unpaired) electrons. The summed E-state index contributed by atoms with van der Waals surface area (Å²) in [6.45, 7) is 6.57. The van der Waals surface area contributed by atoms with Crippen molar-refractivity contribution < 1.29 is 14.6 Å². The second kappa shape index (κ2) is 6.88. The molecule has 0 saturated heterocycles. The van der Waals surface area contributed by atoms with Crippen molar-refractivity contribution in [3.05, 3.63) is 40.6 Å². The van der Waals surface area contributed by atoms with Gasteiger partial charge >= 0.3 is 0 Å². The van der Waals surface area contributed by atoms with E-state index >= 15 is 0 Å². The molecule has 0 fully saturated rings. The minimum Gasteiger partial charge on any atom is -0.494 e. The molecule has 1 atom stereocenters. The number of nitrogens with one attached hydrogen (secondary N) is 1. The zero-order valence-corrected chi connectivity index (χ0v) is 15.2. The van der Waals surface area contributed by atoms with Gasteiger partial charge in [-0.25, -0.2) is 0 Å². The number of anilines is 1. The quantitative estimate of drug-likeness (QED) is 0.875. The number of carbonyl (C=O) groups is 1. The highest BCUT2D eigenvalue weighted by Gasteiger charge is 2.33. The van der Waals surface area contributed by atoms with Crippen molar-refractivity contribution >= 4 is 11.7 Å². The number of benzene rings is 1. The predicted octanol–water partition coefficient (Wildman–Crippen LogP) is 2.91. The lowest BCUT2D eigenvalue weighted by atomic mass is 9.83. The predicted molar refractivity (Wildman–Crippen MR) is 95.9 cm³/mol. The average Bonchev–Trinajstić information content (AvgIpc) is 2.92. The maximum absolute atomic E-state index is 12.2. The Hall–Kier alpha value is -2.34. The Morgan fingerprint density at radius 1 is 1.44 bits per heavy atom. The second-order valence-electron chi connectivity index (χ2n) is 6.69. The molecule has 1 aromatic heterocycles. The molecule has 6 nitrogen and oxygen atoms in total. The molecule has 2 N–H and O–H groups in total. The van der Waals surface area contributed by atoms with Crippen molar-refractivity contribution in [2.75, 3.05) is 11.9 Å². The van der Waals surface area contributed by atoms with E-state index in [0.29, 0.717) is 18.8 Å². The largest absolute Gasteiger partial charge is 0.494 e. The van der Waals surface area contributed by atoms with Crippen LogP contribution in [0.25, 0.3) is 0 Å². The third-order valence-corrected chi connectivity index (χ3v) is 4.61. The summed E-state index contributed by atoms with van der Waals surface area (Å²) >= 11 is 0. The van der Waals surface area contributed by atoms with Gasteiger partial charge in [0.15, 0.2) is 0 Å². The number of amides is 1. The molecule has 0 aliphatic carbocycles. The third kappa shape index (κ3) is 3.14. The molecule has 0 spiro atoms. The number of carbonyl (C=O) groups excluding carboxylic acids is 1. The van der Waals surface area contributed by atoms with Crippen molar-refractivity contribution in [3.8, 4) is 5.75 Å². The highest BCUT2D eigenvalue weighted by atomic mass is 16.5. The van der Waals surface area contributed by atoms with Gasteiger partial charge in [0, 0.05) is 30.5 Å². The summed E-state index contributed by atoms with van der Waals surface area (Å²) in [5.74, 6) is 1.62. The number of nitrogens with zero attached hydrogens (tertiary/aromatic N) is 2. The van der Waals surface area contributed by atoms with Gasteiger partial charge in [0.1, 0.15) is 11.6 Å². The van der Waals surface area contributed by atoms with E-state index in [1.165, 1.54) is 0 Å². The van der Waals surface area contributed by atoms with Crippen LogP contribution >= 0.6 is 0 Å². The first-order chi connectivity index (χ1) is 12.0. The molecule has 3 rings (SSSR count). The summed E-state index contributed by atoms with van der Waals surface area (Å²) in [6.07, 6.45) is 0.372. The Kier molecular flexibility index (Phi) is 4.81. The van der Waals surface area contributed by atoms with Gasteiger partial charge in [-0.15, -0.1) is 0 Å². The molecule has 1 aromatic carbocycles. The van der Waals surface area contributed by atoms with Crippen LogP contribution in [0, 0.1) is 0 Å². The lowest BCUT2D eigenvalue weighted by Gasteiger charge is -2.25. The topological polar surface area (TPSA) is 76.4 Å². The molecule has 25 heavy (non-hydrogen) atoms. The van der Waals surface area contributed by atoms with E-state index < -0.39 is 0 Å². The van der Waals surface area contributed by atoms with Gasteiger partial charge in [0.2, 0.25) is 5.91 Å². The van der Waals surface area contributed by atoms with Crippen molar-refractivity contribution in [1.82, 2.24) is 9.78 Å². The highest BCUT2D eigenvalue weighted by Crippen LogP contribution is 2.42. The number of aryl methyl sites for hydroxylation is 1. The van der Waals surface area contributed by atoms with Gasteiger partial charge in [0.05, 0.1) is 18.9 Å². The fourth-order valence-electron chi connectivity index (χ4n) is 3.47. The molecule has 2 heterocycles. The minimum absolute atomic E-state index is 0.0183. The molecule has 0 saturated carbocycles. The Labute approximate surface area is 147 Å². The van der Waals surface area contributed by atoms with Crippen molar-refractivity contribution in [3.63, 3.8) is 0 Å². The average molecular weight is 343 g/mol. The second-order valence-corrected chi connectivity index (χ2v) is 6.69. The summed E-state index contributed by atoms with van der Waals surface area (Å²) < 4.78 is 7.32. The Morgan fingerprint density at radius 2 is 2.20 bits per heavy atom. The number of fused-ring (bicyclic) bond motifs is 1. The third-order valence-electron chi connectivity index (χ3n) is 4.61.